The van der Waals surface area contributed by atoms with Gasteiger partial charge in [-0.1, -0.05) is 0 Å². The molecule has 0 saturated heterocycles. The van der Waals surface area contributed by atoms with Crippen molar-refractivity contribution in [1.82, 2.24) is 4.98 Å². The molecule has 0 aliphatic carbocycles. The highest BCUT2D eigenvalue weighted by molar-refractivity contribution is 5.97. The van der Waals surface area contributed by atoms with E-state index >= 15 is 0 Å². The predicted molar refractivity (Wildman–Crippen MR) is 55.4 cm³/mol. The summed E-state index contributed by atoms with van der Waals surface area (Å²) in [5.74, 6) is -0.230. The highest BCUT2D eigenvalue weighted by atomic mass is 16.5. The molecule has 2 N–H and O–H groups in total. The highest BCUT2D eigenvalue weighted by Crippen LogP contribution is 2.17. The predicted octanol–water partition coefficient (Wildman–Crippen LogP) is 0.469. The number of Topliss-reactive ketones (excluding diaryl/α,β-unsaturated/α-hetero) is 1. The Balaban J connectivity index is 3.10. The Hall–Kier alpha value is -1.59. The first-order chi connectivity index (χ1) is 7.04. The minimum absolute atomic E-state index is 0.0162. The van der Waals surface area contributed by atoms with Gasteiger partial charge in [-0.05, 0) is 18.9 Å². The number of carbonyl (C=O) groups is 1. The van der Waals surface area contributed by atoms with Gasteiger partial charge in [0.15, 0.2) is 12.1 Å². The van der Waals surface area contributed by atoms with E-state index < -0.39 is 6.29 Å². The summed E-state index contributed by atoms with van der Waals surface area (Å²) >= 11 is 0. The van der Waals surface area contributed by atoms with Crippen molar-refractivity contribution < 1.29 is 15.0 Å². The number of ketones is 1. The van der Waals surface area contributed by atoms with Gasteiger partial charge in [-0.2, -0.15) is 0 Å². The average molecular weight is 208 g/mol. The smallest absolute Gasteiger partial charge is 0.180 e. The molecule has 0 radical (unpaired) electrons. The van der Waals surface area contributed by atoms with E-state index in [2.05, 4.69) is 16.7 Å². The molecule has 0 aliphatic rings. The van der Waals surface area contributed by atoms with Crippen LogP contribution in [0.4, 0.5) is 5.69 Å². The molecule has 1 heterocycles. The molecule has 5 nitrogen and oxygen atoms in total. The van der Waals surface area contributed by atoms with E-state index in [1.165, 1.54) is 6.92 Å². The first-order valence-electron chi connectivity index (χ1n) is 4.38. The first-order valence-corrected chi connectivity index (χ1v) is 4.38. The molecule has 0 saturated carbocycles. The van der Waals surface area contributed by atoms with E-state index in [4.69, 9.17) is 10.2 Å². The van der Waals surface area contributed by atoms with Gasteiger partial charge in [0.25, 0.3) is 0 Å². The third-order valence-corrected chi connectivity index (χ3v) is 1.83. The molecule has 5 heteroatoms. The topological polar surface area (TPSA) is 82.8 Å². The Morgan fingerprint density at radius 1 is 1.60 bits per heavy atom. The van der Waals surface area contributed by atoms with Crippen LogP contribution in [0.5, 0.6) is 0 Å². The minimum Gasteiger partial charge on any atom is -0.368 e. The van der Waals surface area contributed by atoms with E-state index in [0.717, 1.165) is 0 Å². The summed E-state index contributed by atoms with van der Waals surface area (Å²) in [7, 11) is 0. The zero-order chi connectivity index (χ0) is 11.4. The number of nitrogens with zero attached hydrogens (tertiary/aromatic N) is 2. The molecule has 80 valence electrons. The van der Waals surface area contributed by atoms with Gasteiger partial charge in [0, 0.05) is 19.0 Å². The zero-order valence-electron chi connectivity index (χ0n) is 8.34. The van der Waals surface area contributed by atoms with Crippen molar-refractivity contribution in [3.63, 3.8) is 0 Å². The molecule has 1 rings (SSSR count). The van der Waals surface area contributed by atoms with Gasteiger partial charge in [-0.15, -0.1) is 0 Å². The minimum atomic E-state index is -1.47. The number of rotatable bonds is 4. The van der Waals surface area contributed by atoms with Gasteiger partial charge >= 0.3 is 0 Å². The van der Waals surface area contributed by atoms with Gasteiger partial charge in [-0.25, -0.2) is 4.98 Å². The van der Waals surface area contributed by atoms with Crippen LogP contribution in [0.3, 0.4) is 0 Å². The fraction of sp³-hybridized carbons (Fsp3) is 0.300. The normalized spacial score (nSPS) is 10.4. The maximum absolute atomic E-state index is 11.2. The number of aromatic nitrogens is 1. The van der Waals surface area contributed by atoms with Crippen molar-refractivity contribution in [2.24, 2.45) is 4.99 Å². The summed E-state index contributed by atoms with van der Waals surface area (Å²) in [6, 6.07) is 3.16. The monoisotopic (exact) mass is 208 g/mol. The van der Waals surface area contributed by atoms with Gasteiger partial charge in [0.1, 0.15) is 5.69 Å². The lowest BCUT2D eigenvalue weighted by atomic mass is 10.2. The standard InChI is InChI=1S/C10H12N2O3/c1-6(13)10-8(11-2)4-3-7(12-10)5-9(14)15/h3-4,9,14-15H,2,5H2,1H3. The van der Waals surface area contributed by atoms with Crippen LogP contribution in [0.15, 0.2) is 17.1 Å². The SMILES string of the molecule is C=Nc1ccc(CC(O)O)nc1C(C)=O. The van der Waals surface area contributed by atoms with Crippen LogP contribution in [0.1, 0.15) is 23.1 Å². The first kappa shape index (κ1) is 11.5. The van der Waals surface area contributed by atoms with E-state index in [1.54, 1.807) is 12.1 Å². The quantitative estimate of drug-likeness (QED) is 0.428. The van der Waals surface area contributed by atoms with Crippen LogP contribution in [0.2, 0.25) is 0 Å². The number of hydrogen-bond donors (Lipinski definition) is 2. The van der Waals surface area contributed by atoms with Gasteiger partial charge in [0.05, 0.1) is 5.69 Å². The largest absolute Gasteiger partial charge is 0.368 e. The van der Waals surface area contributed by atoms with Crippen molar-refractivity contribution in [1.29, 1.82) is 0 Å². The number of aliphatic imine (C=N–C) groups is 1. The number of hydrogen-bond acceptors (Lipinski definition) is 5. The molecule has 15 heavy (non-hydrogen) atoms. The van der Waals surface area contributed by atoms with E-state index in [9.17, 15) is 4.79 Å². The maximum atomic E-state index is 11.2. The summed E-state index contributed by atoms with van der Waals surface area (Å²) < 4.78 is 0. The molecule has 0 fully saturated rings. The lowest BCUT2D eigenvalue weighted by molar-refractivity contribution is -0.0388. The molecule has 0 spiro atoms. The third-order valence-electron chi connectivity index (χ3n) is 1.83. The number of aliphatic hydroxyl groups excluding tert-OH is 1. The van der Waals surface area contributed by atoms with Gasteiger partial charge in [-0.3, -0.25) is 9.79 Å². The van der Waals surface area contributed by atoms with Gasteiger partial charge in [0.2, 0.25) is 0 Å². The van der Waals surface area contributed by atoms with E-state index in [1.807, 2.05) is 0 Å². The van der Waals surface area contributed by atoms with Crippen LogP contribution in [0, 0.1) is 0 Å². The number of pyridine rings is 1. The molecule has 1 aromatic heterocycles. The Labute approximate surface area is 87.1 Å². The lowest BCUT2D eigenvalue weighted by Crippen LogP contribution is -2.11. The van der Waals surface area contributed by atoms with Crippen molar-refractivity contribution in [3.8, 4) is 0 Å². The van der Waals surface area contributed by atoms with Crippen LogP contribution in [-0.2, 0) is 6.42 Å². The van der Waals surface area contributed by atoms with Crippen molar-refractivity contribution in [2.75, 3.05) is 0 Å². The molecule has 0 atom stereocenters. The molecule has 0 bridgehead atoms. The fourth-order valence-electron chi connectivity index (χ4n) is 1.18. The highest BCUT2D eigenvalue weighted by Gasteiger charge is 2.10. The second-order valence-electron chi connectivity index (χ2n) is 3.07. The summed E-state index contributed by atoms with van der Waals surface area (Å²) in [6.45, 7) is 4.69. The zero-order valence-corrected chi connectivity index (χ0v) is 8.34. The fourth-order valence-corrected chi connectivity index (χ4v) is 1.18. The Bertz CT molecular complexity index is 388. The molecule has 0 unspecified atom stereocenters. The second-order valence-corrected chi connectivity index (χ2v) is 3.07. The van der Waals surface area contributed by atoms with Crippen molar-refractivity contribution >= 4 is 18.2 Å². The molecule has 1 aromatic rings. The number of aliphatic hydroxyl groups is 2. The molecule has 0 aromatic carbocycles. The summed E-state index contributed by atoms with van der Waals surface area (Å²) in [5, 5.41) is 17.5. The Kier molecular flexibility index (Phi) is 3.65. The summed E-state index contributed by atoms with van der Waals surface area (Å²) in [4.78, 5) is 18.8. The lowest BCUT2D eigenvalue weighted by Gasteiger charge is -2.06. The molecular weight excluding hydrogens is 196 g/mol. The van der Waals surface area contributed by atoms with E-state index in [-0.39, 0.29) is 17.9 Å². The van der Waals surface area contributed by atoms with Crippen LogP contribution >= 0.6 is 0 Å². The Morgan fingerprint density at radius 3 is 2.73 bits per heavy atom. The third kappa shape index (κ3) is 2.93. The van der Waals surface area contributed by atoms with E-state index in [0.29, 0.717) is 11.4 Å². The Morgan fingerprint density at radius 2 is 2.27 bits per heavy atom. The van der Waals surface area contributed by atoms with Crippen LogP contribution < -0.4 is 0 Å². The maximum Gasteiger partial charge on any atom is 0.180 e. The van der Waals surface area contributed by atoms with Crippen LogP contribution in [-0.4, -0.2) is 34.0 Å². The molecule has 0 aliphatic heterocycles. The number of carbonyl (C=O) groups excluding carboxylic acids is 1. The molecular formula is C10H12N2O3. The van der Waals surface area contributed by atoms with Crippen molar-refractivity contribution in [3.05, 3.63) is 23.5 Å². The summed E-state index contributed by atoms with van der Waals surface area (Å²) in [6.07, 6.45) is -1.49. The van der Waals surface area contributed by atoms with Crippen molar-refractivity contribution in [2.45, 2.75) is 19.6 Å². The van der Waals surface area contributed by atoms with Crippen LogP contribution in [0.25, 0.3) is 0 Å². The second kappa shape index (κ2) is 4.77. The average Bonchev–Trinajstić information content (AvgIpc) is 2.16. The molecule has 0 amide bonds. The van der Waals surface area contributed by atoms with Gasteiger partial charge < -0.3 is 10.2 Å². The summed E-state index contributed by atoms with van der Waals surface area (Å²) in [5.41, 5.74) is 1.03.